The number of hydrogen-bond donors (Lipinski definition) is 0. The van der Waals surface area contributed by atoms with Crippen molar-refractivity contribution in [3.05, 3.63) is 187 Å². The zero-order chi connectivity index (χ0) is 34.1. The topological polar surface area (TPSA) is 14.8 Å². The van der Waals surface area contributed by atoms with Crippen LogP contribution in [0.4, 0.5) is 0 Å². The fourth-order valence-corrected chi connectivity index (χ4v) is 8.12. The molecule has 0 amide bonds. The van der Waals surface area contributed by atoms with E-state index < -0.39 is 0 Å². The van der Waals surface area contributed by atoms with E-state index in [-0.39, 0.29) is 0 Å². The lowest BCUT2D eigenvalue weighted by molar-refractivity contribution is 1.13. The summed E-state index contributed by atoms with van der Waals surface area (Å²) in [5, 5.41) is 5.01. The van der Waals surface area contributed by atoms with Crippen molar-refractivity contribution in [2.75, 3.05) is 0 Å². The van der Waals surface area contributed by atoms with Gasteiger partial charge in [-0.15, -0.1) is 0 Å². The summed E-state index contributed by atoms with van der Waals surface area (Å²) in [6.45, 7) is 4.41. The molecule has 0 radical (unpaired) electrons. The van der Waals surface area contributed by atoms with Gasteiger partial charge >= 0.3 is 0 Å². The van der Waals surface area contributed by atoms with Crippen molar-refractivity contribution in [1.29, 1.82) is 0 Å². The largest absolute Gasteiger partial charge is 0.316 e. The fourth-order valence-electron chi connectivity index (χ4n) is 8.12. The van der Waals surface area contributed by atoms with Crippen LogP contribution in [-0.2, 0) is 0 Å². The zero-order valence-corrected chi connectivity index (χ0v) is 28.6. The number of benzene rings is 7. The minimum absolute atomic E-state index is 1.15. The molecule has 51 heavy (non-hydrogen) atoms. The van der Waals surface area contributed by atoms with Crippen LogP contribution in [0.25, 0.3) is 82.9 Å². The Balaban J connectivity index is 1.03. The molecule has 10 rings (SSSR count). The molecule has 0 saturated carbocycles. The van der Waals surface area contributed by atoms with Gasteiger partial charge in [0.15, 0.2) is 0 Å². The first kappa shape index (κ1) is 29.3. The van der Waals surface area contributed by atoms with Crippen LogP contribution in [-0.4, -0.2) is 13.7 Å². The van der Waals surface area contributed by atoms with Crippen molar-refractivity contribution in [2.45, 2.75) is 13.8 Å². The second-order valence-electron chi connectivity index (χ2n) is 13.6. The number of aryl methyl sites for hydroxylation is 2. The molecule has 10 aromatic rings. The third-order valence-corrected chi connectivity index (χ3v) is 10.6. The smallest absolute Gasteiger partial charge is 0.0628 e. The van der Waals surface area contributed by atoms with Gasteiger partial charge in [-0.2, -0.15) is 0 Å². The maximum Gasteiger partial charge on any atom is 0.0628 e. The Morgan fingerprint density at radius 3 is 1.69 bits per heavy atom. The second kappa shape index (κ2) is 11.5. The van der Waals surface area contributed by atoms with Crippen LogP contribution in [0.15, 0.2) is 176 Å². The molecule has 0 saturated heterocycles. The molecule has 242 valence electrons. The third-order valence-electron chi connectivity index (χ3n) is 10.6. The van der Waals surface area contributed by atoms with E-state index in [1.807, 2.05) is 0 Å². The van der Waals surface area contributed by atoms with Gasteiger partial charge in [0.25, 0.3) is 0 Å². The summed E-state index contributed by atoms with van der Waals surface area (Å²) >= 11 is 0. The molecule has 0 bridgehead atoms. The fraction of sp³-hybridized carbons (Fsp3) is 0.0417. The summed E-state index contributed by atoms with van der Waals surface area (Å²) in [5.41, 5.74) is 15.9. The molecule has 7 aromatic carbocycles. The predicted octanol–water partition coefficient (Wildman–Crippen LogP) is 12.6. The Bertz CT molecular complexity index is 2900. The molecule has 0 atom stereocenters. The third kappa shape index (κ3) is 4.59. The van der Waals surface area contributed by atoms with E-state index in [0.29, 0.717) is 0 Å². The first-order valence-corrected chi connectivity index (χ1v) is 17.6. The van der Waals surface area contributed by atoms with E-state index in [9.17, 15) is 0 Å². The van der Waals surface area contributed by atoms with Crippen molar-refractivity contribution < 1.29 is 0 Å². The molecule has 3 aromatic heterocycles. The van der Waals surface area contributed by atoms with Crippen molar-refractivity contribution in [3.8, 4) is 39.3 Å². The summed E-state index contributed by atoms with van der Waals surface area (Å²) in [6, 6.07) is 59.5. The Hall–Kier alpha value is -6.58. The van der Waals surface area contributed by atoms with Gasteiger partial charge in [-0.25, -0.2) is 0 Å². The minimum Gasteiger partial charge on any atom is -0.316 e. The zero-order valence-electron chi connectivity index (χ0n) is 28.6. The van der Waals surface area contributed by atoms with E-state index in [0.717, 1.165) is 11.4 Å². The standard InChI is InChI=1S/C48H35N3/c1-32-10-6-7-13-41(32)45-33(2)16-17-36-28-30-49(47(36)45)38-23-18-34(19-24-38)35-20-25-39(26-21-35)50-31-29-37-22-27-44-46(48(37)50)42-14-8-9-15-43(42)51(44)40-11-4-3-5-12-40/h3-31H,1-2H3. The van der Waals surface area contributed by atoms with Crippen molar-refractivity contribution in [2.24, 2.45) is 0 Å². The number of hydrogen-bond acceptors (Lipinski definition) is 0. The SMILES string of the molecule is Cc1ccccc1-c1c(C)ccc2ccn(-c3ccc(-c4ccc(-n5ccc6ccc7c(c8ccccc8n7-c7ccccc7)c65)cc4)cc3)c12. The summed E-state index contributed by atoms with van der Waals surface area (Å²) in [6.07, 6.45) is 4.40. The molecular weight excluding hydrogens is 619 g/mol. The van der Waals surface area contributed by atoms with Gasteiger partial charge in [0, 0.05) is 56.6 Å². The summed E-state index contributed by atoms with van der Waals surface area (Å²) in [4.78, 5) is 0. The Kier molecular flexibility index (Phi) is 6.62. The van der Waals surface area contributed by atoms with Crippen molar-refractivity contribution in [3.63, 3.8) is 0 Å². The molecule has 0 aliphatic carbocycles. The van der Waals surface area contributed by atoms with Gasteiger partial charge in [-0.3, -0.25) is 0 Å². The Morgan fingerprint density at radius 1 is 0.392 bits per heavy atom. The highest BCUT2D eigenvalue weighted by Gasteiger charge is 2.18. The molecule has 0 aliphatic rings. The van der Waals surface area contributed by atoms with Gasteiger partial charge in [0.2, 0.25) is 0 Å². The molecule has 3 heteroatoms. The lowest BCUT2D eigenvalue weighted by Gasteiger charge is -2.15. The first-order valence-electron chi connectivity index (χ1n) is 17.6. The lowest BCUT2D eigenvalue weighted by atomic mass is 9.94. The molecule has 3 heterocycles. The number of para-hydroxylation sites is 2. The first-order chi connectivity index (χ1) is 25.1. The van der Waals surface area contributed by atoms with Crippen LogP contribution in [0.1, 0.15) is 11.1 Å². The van der Waals surface area contributed by atoms with Gasteiger partial charge < -0.3 is 13.7 Å². The molecule has 0 aliphatic heterocycles. The molecular formula is C48H35N3. The Morgan fingerprint density at radius 2 is 0.980 bits per heavy atom. The van der Waals surface area contributed by atoms with Crippen LogP contribution < -0.4 is 0 Å². The highest BCUT2D eigenvalue weighted by atomic mass is 15.0. The molecule has 0 N–H and O–H groups in total. The summed E-state index contributed by atoms with van der Waals surface area (Å²) in [5.74, 6) is 0. The van der Waals surface area contributed by atoms with E-state index in [4.69, 9.17) is 0 Å². The highest BCUT2D eigenvalue weighted by Crippen LogP contribution is 2.39. The predicted molar refractivity (Wildman–Crippen MR) is 215 cm³/mol. The molecule has 0 unspecified atom stereocenters. The average molecular weight is 654 g/mol. The maximum atomic E-state index is 2.38. The molecule has 3 nitrogen and oxygen atoms in total. The van der Waals surface area contributed by atoms with Crippen molar-refractivity contribution >= 4 is 43.6 Å². The van der Waals surface area contributed by atoms with Crippen LogP contribution in [0.5, 0.6) is 0 Å². The molecule has 0 spiro atoms. The monoisotopic (exact) mass is 653 g/mol. The second-order valence-corrected chi connectivity index (χ2v) is 13.6. The number of rotatable bonds is 5. The maximum absolute atomic E-state index is 2.38. The van der Waals surface area contributed by atoms with Gasteiger partial charge in [-0.1, -0.05) is 103 Å². The van der Waals surface area contributed by atoms with Crippen LogP contribution in [0, 0.1) is 13.8 Å². The number of aromatic nitrogens is 3. The highest BCUT2D eigenvalue weighted by molar-refractivity contribution is 6.20. The van der Waals surface area contributed by atoms with Gasteiger partial charge in [0.1, 0.15) is 0 Å². The van der Waals surface area contributed by atoms with E-state index in [1.54, 1.807) is 0 Å². The average Bonchev–Trinajstić information content (AvgIpc) is 3.90. The number of fused-ring (bicyclic) bond motifs is 6. The number of nitrogens with zero attached hydrogens (tertiary/aromatic N) is 3. The normalized spacial score (nSPS) is 11.7. The van der Waals surface area contributed by atoms with E-state index >= 15 is 0 Å². The minimum atomic E-state index is 1.15. The quantitative estimate of drug-likeness (QED) is 0.176. The van der Waals surface area contributed by atoms with Crippen molar-refractivity contribution in [1.82, 2.24) is 13.7 Å². The Labute approximate surface area is 296 Å². The van der Waals surface area contributed by atoms with E-state index in [1.165, 1.54) is 82.7 Å². The summed E-state index contributed by atoms with van der Waals surface area (Å²) in [7, 11) is 0. The molecule has 0 fully saturated rings. The van der Waals surface area contributed by atoms with Crippen LogP contribution >= 0.6 is 0 Å². The van der Waals surface area contributed by atoms with Crippen LogP contribution in [0.2, 0.25) is 0 Å². The van der Waals surface area contributed by atoms with Gasteiger partial charge in [-0.05, 0) is 102 Å². The summed E-state index contributed by atoms with van der Waals surface area (Å²) < 4.78 is 7.07. The van der Waals surface area contributed by atoms with E-state index in [2.05, 4.69) is 204 Å². The van der Waals surface area contributed by atoms with Gasteiger partial charge in [0.05, 0.1) is 22.1 Å². The van der Waals surface area contributed by atoms with Crippen LogP contribution in [0.3, 0.4) is 0 Å². The lowest BCUT2D eigenvalue weighted by Crippen LogP contribution is -1.96.